The lowest BCUT2D eigenvalue weighted by Gasteiger charge is -2.18. The van der Waals surface area contributed by atoms with E-state index in [0.29, 0.717) is 12.0 Å². The first kappa shape index (κ1) is 14.5. The summed E-state index contributed by atoms with van der Waals surface area (Å²) in [5.41, 5.74) is 1.17. The zero-order valence-electron chi connectivity index (χ0n) is 10.8. The molecule has 17 heavy (non-hydrogen) atoms. The molecule has 1 aromatic rings. The van der Waals surface area contributed by atoms with Gasteiger partial charge >= 0.3 is 0 Å². The van der Waals surface area contributed by atoms with Crippen LogP contribution in [0.4, 0.5) is 0 Å². The number of hydrogen-bond donors (Lipinski definition) is 1. The van der Waals surface area contributed by atoms with E-state index >= 15 is 0 Å². The summed E-state index contributed by atoms with van der Waals surface area (Å²) in [6.45, 7) is 7.38. The predicted molar refractivity (Wildman–Crippen MR) is 74.2 cm³/mol. The second-order valence-electron chi connectivity index (χ2n) is 5.40. The molecule has 0 aliphatic heterocycles. The molecule has 1 aromatic carbocycles. The van der Waals surface area contributed by atoms with Crippen molar-refractivity contribution in [2.24, 2.45) is 5.41 Å². The monoisotopic (exact) mass is 300 g/mol. The fraction of sp³-hybridized carbons (Fsp3) is 0.571. The molecule has 0 amide bonds. The van der Waals surface area contributed by atoms with Crippen LogP contribution in [0.25, 0.3) is 0 Å². The topological polar surface area (TPSA) is 29.5 Å². The maximum absolute atomic E-state index is 9.23. The first-order valence-corrected chi connectivity index (χ1v) is 6.74. The summed E-state index contributed by atoms with van der Waals surface area (Å²) in [4.78, 5) is 0. The molecule has 0 bridgehead atoms. The Hall–Kier alpha value is -0.540. The molecule has 0 unspecified atom stereocenters. The average Bonchev–Trinajstić information content (AvgIpc) is 2.24. The number of aliphatic hydroxyl groups is 1. The maximum atomic E-state index is 9.23. The van der Waals surface area contributed by atoms with Gasteiger partial charge in [-0.2, -0.15) is 0 Å². The molecular formula is C14H21BrO2. The Kier molecular flexibility index (Phi) is 5.47. The van der Waals surface area contributed by atoms with E-state index in [4.69, 9.17) is 4.74 Å². The largest absolute Gasteiger partial charge is 0.492 e. The van der Waals surface area contributed by atoms with Gasteiger partial charge in [0.1, 0.15) is 5.75 Å². The van der Waals surface area contributed by atoms with Gasteiger partial charge in [0.15, 0.2) is 0 Å². The fourth-order valence-electron chi connectivity index (χ4n) is 1.62. The highest BCUT2D eigenvalue weighted by Crippen LogP contribution is 2.29. The van der Waals surface area contributed by atoms with Crippen LogP contribution in [-0.2, 0) is 6.61 Å². The van der Waals surface area contributed by atoms with Crippen LogP contribution in [-0.4, -0.2) is 11.7 Å². The molecule has 0 atom stereocenters. The van der Waals surface area contributed by atoms with Crippen LogP contribution < -0.4 is 4.74 Å². The molecule has 0 saturated heterocycles. The molecule has 0 radical (unpaired) electrons. The summed E-state index contributed by atoms with van der Waals surface area (Å²) in [6, 6.07) is 5.71. The zero-order chi connectivity index (χ0) is 12.9. The summed E-state index contributed by atoms with van der Waals surface area (Å²) in [6.07, 6.45) is 2.15. The third kappa shape index (κ3) is 5.09. The zero-order valence-corrected chi connectivity index (χ0v) is 12.4. The number of benzene rings is 1. The van der Waals surface area contributed by atoms with Crippen molar-refractivity contribution >= 4 is 15.9 Å². The molecule has 0 heterocycles. The van der Waals surface area contributed by atoms with Crippen molar-refractivity contribution in [1.29, 1.82) is 0 Å². The van der Waals surface area contributed by atoms with Crippen molar-refractivity contribution in [2.45, 2.75) is 40.2 Å². The average molecular weight is 301 g/mol. The van der Waals surface area contributed by atoms with Crippen LogP contribution >= 0.6 is 15.9 Å². The second-order valence-corrected chi connectivity index (χ2v) is 6.25. The van der Waals surface area contributed by atoms with Crippen LogP contribution in [0.15, 0.2) is 22.7 Å². The molecule has 3 heteroatoms. The summed E-state index contributed by atoms with van der Waals surface area (Å²) >= 11 is 3.44. The van der Waals surface area contributed by atoms with Crippen LogP contribution in [0.1, 0.15) is 39.2 Å². The van der Waals surface area contributed by atoms with Crippen molar-refractivity contribution in [2.75, 3.05) is 6.61 Å². The van der Waals surface area contributed by atoms with Gasteiger partial charge in [-0.3, -0.25) is 0 Å². The molecule has 0 aliphatic rings. The normalized spacial score (nSPS) is 11.6. The van der Waals surface area contributed by atoms with E-state index in [1.807, 2.05) is 18.2 Å². The van der Waals surface area contributed by atoms with Gasteiger partial charge in [-0.25, -0.2) is 0 Å². The number of ether oxygens (including phenoxy) is 1. The van der Waals surface area contributed by atoms with E-state index in [9.17, 15) is 5.11 Å². The number of aliphatic hydroxyl groups excluding tert-OH is 1. The minimum atomic E-state index is 0.00798. The molecule has 0 aliphatic carbocycles. The van der Waals surface area contributed by atoms with E-state index in [-0.39, 0.29) is 6.61 Å². The second kappa shape index (κ2) is 6.41. The SMILES string of the molecule is CC(C)(C)CCCOc1c(Br)cccc1CO. The van der Waals surface area contributed by atoms with Gasteiger partial charge in [0.2, 0.25) is 0 Å². The summed E-state index contributed by atoms with van der Waals surface area (Å²) in [7, 11) is 0. The van der Waals surface area contributed by atoms with E-state index < -0.39 is 0 Å². The van der Waals surface area contributed by atoms with Crippen LogP contribution in [0, 0.1) is 5.41 Å². The van der Waals surface area contributed by atoms with Crippen molar-refractivity contribution < 1.29 is 9.84 Å². The highest BCUT2D eigenvalue weighted by Gasteiger charge is 2.11. The molecule has 0 aromatic heterocycles. The summed E-state index contributed by atoms with van der Waals surface area (Å²) in [5, 5.41) is 9.23. The van der Waals surface area contributed by atoms with Crippen molar-refractivity contribution in [3.8, 4) is 5.75 Å². The smallest absolute Gasteiger partial charge is 0.138 e. The molecule has 0 saturated carbocycles. The third-order valence-electron chi connectivity index (χ3n) is 2.54. The number of hydrogen-bond acceptors (Lipinski definition) is 2. The van der Waals surface area contributed by atoms with Gasteiger partial charge in [0, 0.05) is 5.56 Å². The highest BCUT2D eigenvalue weighted by atomic mass is 79.9. The molecule has 1 N–H and O–H groups in total. The van der Waals surface area contributed by atoms with Crippen molar-refractivity contribution in [3.63, 3.8) is 0 Å². The molecule has 0 spiro atoms. The van der Waals surface area contributed by atoms with E-state index in [2.05, 4.69) is 36.7 Å². The minimum absolute atomic E-state index is 0.00798. The van der Waals surface area contributed by atoms with Gasteiger partial charge < -0.3 is 9.84 Å². The van der Waals surface area contributed by atoms with E-state index in [0.717, 1.165) is 28.6 Å². The third-order valence-corrected chi connectivity index (χ3v) is 3.16. The quantitative estimate of drug-likeness (QED) is 0.828. The van der Waals surface area contributed by atoms with Crippen molar-refractivity contribution in [1.82, 2.24) is 0 Å². The first-order chi connectivity index (χ1) is 7.94. The Morgan fingerprint density at radius 3 is 2.59 bits per heavy atom. The Balaban J connectivity index is 2.52. The van der Waals surface area contributed by atoms with Gasteiger partial charge in [-0.1, -0.05) is 32.9 Å². The lowest BCUT2D eigenvalue weighted by atomic mass is 9.91. The summed E-state index contributed by atoms with van der Waals surface area (Å²) < 4.78 is 6.65. The minimum Gasteiger partial charge on any atom is -0.492 e. The molecule has 0 fully saturated rings. The van der Waals surface area contributed by atoms with Crippen LogP contribution in [0.2, 0.25) is 0 Å². The Morgan fingerprint density at radius 2 is 2.00 bits per heavy atom. The Morgan fingerprint density at radius 1 is 1.29 bits per heavy atom. The highest BCUT2D eigenvalue weighted by molar-refractivity contribution is 9.10. The van der Waals surface area contributed by atoms with E-state index in [1.54, 1.807) is 0 Å². The molecule has 96 valence electrons. The fourth-order valence-corrected chi connectivity index (χ4v) is 2.14. The Labute approximate surface area is 112 Å². The molecule has 1 rings (SSSR count). The lowest BCUT2D eigenvalue weighted by molar-refractivity contribution is 0.247. The maximum Gasteiger partial charge on any atom is 0.138 e. The molecular weight excluding hydrogens is 280 g/mol. The molecule has 2 nitrogen and oxygen atoms in total. The number of rotatable bonds is 5. The lowest BCUT2D eigenvalue weighted by Crippen LogP contribution is -2.08. The number of halogens is 1. The first-order valence-electron chi connectivity index (χ1n) is 5.95. The van der Waals surface area contributed by atoms with Gasteiger partial charge in [-0.15, -0.1) is 0 Å². The Bertz CT molecular complexity index is 356. The standard InChI is InChI=1S/C14H21BrO2/c1-14(2,3)8-5-9-17-13-11(10-16)6-4-7-12(13)15/h4,6-7,16H,5,8-10H2,1-3H3. The van der Waals surface area contributed by atoms with Crippen LogP contribution in [0.3, 0.4) is 0 Å². The van der Waals surface area contributed by atoms with Gasteiger partial charge in [0.05, 0.1) is 17.7 Å². The summed E-state index contributed by atoms with van der Waals surface area (Å²) in [5.74, 6) is 0.768. The predicted octanol–water partition coefficient (Wildman–Crippen LogP) is 4.15. The van der Waals surface area contributed by atoms with Crippen molar-refractivity contribution in [3.05, 3.63) is 28.2 Å². The van der Waals surface area contributed by atoms with Gasteiger partial charge in [-0.05, 0) is 40.3 Å². The van der Waals surface area contributed by atoms with Gasteiger partial charge in [0.25, 0.3) is 0 Å². The van der Waals surface area contributed by atoms with E-state index in [1.165, 1.54) is 0 Å². The number of para-hydroxylation sites is 1. The van der Waals surface area contributed by atoms with Crippen LogP contribution in [0.5, 0.6) is 5.75 Å².